The second-order valence-corrected chi connectivity index (χ2v) is 7.06. The molecular weight excluding hydrogens is 234 g/mol. The number of aryl methyl sites for hydroxylation is 1. The SMILES string of the molecule is Cc1ccc(S(=O)(=O)N(C)CC(C)O)s1. The summed E-state index contributed by atoms with van der Waals surface area (Å²) in [6.07, 6.45) is -0.661. The van der Waals surface area contributed by atoms with Gasteiger partial charge in [0, 0.05) is 18.5 Å². The van der Waals surface area contributed by atoms with Crippen molar-refractivity contribution >= 4 is 21.4 Å². The van der Waals surface area contributed by atoms with Gasteiger partial charge in [0.15, 0.2) is 0 Å². The van der Waals surface area contributed by atoms with Crippen LogP contribution < -0.4 is 0 Å². The molecule has 1 atom stereocenters. The van der Waals surface area contributed by atoms with Gasteiger partial charge in [-0.2, -0.15) is 4.31 Å². The Labute approximate surface area is 94.2 Å². The van der Waals surface area contributed by atoms with Crippen LogP contribution in [0.25, 0.3) is 0 Å². The summed E-state index contributed by atoms with van der Waals surface area (Å²) in [7, 11) is -1.95. The summed E-state index contributed by atoms with van der Waals surface area (Å²) in [5.74, 6) is 0. The van der Waals surface area contributed by atoms with Gasteiger partial charge in [-0.3, -0.25) is 0 Å². The summed E-state index contributed by atoms with van der Waals surface area (Å²) >= 11 is 1.24. The van der Waals surface area contributed by atoms with Crippen LogP contribution in [0.15, 0.2) is 16.3 Å². The minimum absolute atomic E-state index is 0.110. The zero-order chi connectivity index (χ0) is 11.6. The average Bonchev–Trinajstić information content (AvgIpc) is 2.50. The standard InChI is InChI=1S/C9H15NO3S2/c1-7(11)6-10(3)15(12,13)9-5-4-8(2)14-9/h4-5,7,11H,6H2,1-3H3. The summed E-state index contributed by atoms with van der Waals surface area (Å²) in [5, 5.41) is 9.14. The van der Waals surface area contributed by atoms with Gasteiger partial charge in [-0.15, -0.1) is 11.3 Å². The fourth-order valence-electron chi connectivity index (χ4n) is 1.17. The Kier molecular flexibility index (Phi) is 3.88. The van der Waals surface area contributed by atoms with E-state index in [0.29, 0.717) is 4.21 Å². The number of aliphatic hydroxyl groups excluding tert-OH is 1. The lowest BCUT2D eigenvalue weighted by Crippen LogP contribution is -2.32. The number of thiophene rings is 1. The van der Waals surface area contributed by atoms with E-state index >= 15 is 0 Å². The highest BCUT2D eigenvalue weighted by Gasteiger charge is 2.23. The molecule has 0 aromatic carbocycles. The molecule has 1 unspecified atom stereocenters. The zero-order valence-electron chi connectivity index (χ0n) is 8.97. The molecule has 1 heterocycles. The molecule has 4 nitrogen and oxygen atoms in total. The Morgan fingerprint density at radius 1 is 1.53 bits per heavy atom. The van der Waals surface area contributed by atoms with Crippen molar-refractivity contribution in [1.82, 2.24) is 4.31 Å². The van der Waals surface area contributed by atoms with Gasteiger partial charge in [-0.05, 0) is 26.0 Å². The molecule has 86 valence electrons. The van der Waals surface area contributed by atoms with Crippen LogP contribution in [-0.2, 0) is 10.0 Å². The molecule has 0 amide bonds. The summed E-state index contributed by atoms with van der Waals surface area (Å²) in [5.41, 5.74) is 0. The number of sulfonamides is 1. The van der Waals surface area contributed by atoms with E-state index in [9.17, 15) is 8.42 Å². The molecule has 0 aliphatic rings. The van der Waals surface area contributed by atoms with Gasteiger partial charge in [0.05, 0.1) is 6.10 Å². The molecule has 0 radical (unpaired) electrons. The maximum absolute atomic E-state index is 11.9. The van der Waals surface area contributed by atoms with Gasteiger partial charge in [0.2, 0.25) is 0 Å². The first-order valence-corrected chi connectivity index (χ1v) is 6.80. The van der Waals surface area contributed by atoms with Crippen LogP contribution in [0.3, 0.4) is 0 Å². The quantitative estimate of drug-likeness (QED) is 0.868. The van der Waals surface area contributed by atoms with Crippen LogP contribution in [0, 0.1) is 6.92 Å². The van der Waals surface area contributed by atoms with Gasteiger partial charge in [-0.1, -0.05) is 0 Å². The van der Waals surface area contributed by atoms with Gasteiger partial charge >= 0.3 is 0 Å². The lowest BCUT2D eigenvalue weighted by atomic mass is 10.4. The second kappa shape index (κ2) is 4.61. The van der Waals surface area contributed by atoms with Crippen molar-refractivity contribution in [1.29, 1.82) is 0 Å². The Hall–Kier alpha value is -0.430. The molecule has 0 bridgehead atoms. The molecule has 1 aromatic rings. The Bertz CT molecular complexity index is 422. The minimum atomic E-state index is -3.42. The van der Waals surface area contributed by atoms with Crippen molar-refractivity contribution < 1.29 is 13.5 Å². The van der Waals surface area contributed by atoms with Gasteiger partial charge in [-0.25, -0.2) is 8.42 Å². The van der Waals surface area contributed by atoms with E-state index in [2.05, 4.69) is 0 Å². The van der Waals surface area contributed by atoms with E-state index in [1.807, 2.05) is 6.92 Å². The normalized spacial score (nSPS) is 14.5. The largest absolute Gasteiger partial charge is 0.392 e. The Morgan fingerprint density at radius 3 is 2.53 bits per heavy atom. The number of nitrogens with zero attached hydrogens (tertiary/aromatic N) is 1. The van der Waals surface area contributed by atoms with Gasteiger partial charge in [0.1, 0.15) is 4.21 Å². The van der Waals surface area contributed by atoms with Crippen LogP contribution in [-0.4, -0.2) is 37.5 Å². The zero-order valence-corrected chi connectivity index (χ0v) is 10.6. The maximum atomic E-state index is 11.9. The number of likely N-dealkylation sites (N-methyl/N-ethyl adjacent to an activating group) is 1. The third-order valence-electron chi connectivity index (χ3n) is 1.90. The van der Waals surface area contributed by atoms with E-state index in [0.717, 1.165) is 4.88 Å². The molecule has 1 rings (SSSR count). The molecule has 1 N–H and O–H groups in total. The van der Waals surface area contributed by atoms with Crippen LogP contribution in [0.4, 0.5) is 0 Å². The first-order chi connectivity index (χ1) is 6.84. The number of hydrogen-bond acceptors (Lipinski definition) is 4. The lowest BCUT2D eigenvalue weighted by molar-refractivity contribution is 0.171. The predicted molar refractivity (Wildman–Crippen MR) is 60.6 cm³/mol. The van der Waals surface area contributed by atoms with E-state index in [1.54, 1.807) is 19.1 Å². The van der Waals surface area contributed by atoms with Crippen molar-refractivity contribution in [3.05, 3.63) is 17.0 Å². The molecule has 0 aliphatic heterocycles. The Balaban J connectivity index is 2.93. The van der Waals surface area contributed by atoms with E-state index < -0.39 is 16.1 Å². The third kappa shape index (κ3) is 3.01. The lowest BCUT2D eigenvalue weighted by Gasteiger charge is -2.17. The highest BCUT2D eigenvalue weighted by atomic mass is 32.2. The van der Waals surface area contributed by atoms with Crippen molar-refractivity contribution in [3.63, 3.8) is 0 Å². The fourth-order valence-corrected chi connectivity index (χ4v) is 3.92. The molecule has 15 heavy (non-hydrogen) atoms. The highest BCUT2D eigenvalue weighted by molar-refractivity contribution is 7.91. The van der Waals surface area contributed by atoms with Crippen LogP contribution >= 0.6 is 11.3 Å². The molecular formula is C9H15NO3S2. The minimum Gasteiger partial charge on any atom is -0.392 e. The molecule has 1 aromatic heterocycles. The van der Waals surface area contributed by atoms with E-state index in [4.69, 9.17) is 5.11 Å². The summed E-state index contributed by atoms with van der Waals surface area (Å²) in [6.45, 7) is 3.53. The number of aliphatic hydroxyl groups is 1. The summed E-state index contributed by atoms with van der Waals surface area (Å²) < 4.78 is 25.3. The Morgan fingerprint density at radius 2 is 2.13 bits per heavy atom. The molecule has 0 fully saturated rings. The van der Waals surface area contributed by atoms with Crippen molar-refractivity contribution in [2.75, 3.05) is 13.6 Å². The number of hydrogen-bond donors (Lipinski definition) is 1. The van der Waals surface area contributed by atoms with E-state index in [1.165, 1.54) is 22.7 Å². The first kappa shape index (κ1) is 12.6. The topological polar surface area (TPSA) is 57.6 Å². The smallest absolute Gasteiger partial charge is 0.252 e. The van der Waals surface area contributed by atoms with Crippen molar-refractivity contribution in [2.24, 2.45) is 0 Å². The third-order valence-corrected chi connectivity index (χ3v) is 5.19. The van der Waals surface area contributed by atoms with Crippen LogP contribution in [0.5, 0.6) is 0 Å². The highest BCUT2D eigenvalue weighted by Crippen LogP contribution is 2.23. The maximum Gasteiger partial charge on any atom is 0.252 e. The van der Waals surface area contributed by atoms with E-state index in [-0.39, 0.29) is 6.54 Å². The van der Waals surface area contributed by atoms with Crippen molar-refractivity contribution in [3.8, 4) is 0 Å². The second-order valence-electron chi connectivity index (χ2n) is 3.50. The molecule has 6 heteroatoms. The summed E-state index contributed by atoms with van der Waals surface area (Å²) in [4.78, 5) is 0.957. The average molecular weight is 249 g/mol. The molecule has 0 saturated heterocycles. The van der Waals surface area contributed by atoms with Crippen molar-refractivity contribution in [2.45, 2.75) is 24.2 Å². The number of rotatable bonds is 4. The van der Waals surface area contributed by atoms with Crippen LogP contribution in [0.2, 0.25) is 0 Å². The first-order valence-electron chi connectivity index (χ1n) is 4.55. The van der Waals surface area contributed by atoms with Gasteiger partial charge < -0.3 is 5.11 Å². The van der Waals surface area contributed by atoms with Gasteiger partial charge in [0.25, 0.3) is 10.0 Å². The van der Waals surface area contributed by atoms with Crippen LogP contribution in [0.1, 0.15) is 11.8 Å². The summed E-state index contributed by atoms with van der Waals surface area (Å²) in [6, 6.07) is 3.36. The molecule has 0 aliphatic carbocycles. The predicted octanol–water partition coefficient (Wildman–Crippen LogP) is 1.06. The molecule has 0 saturated carbocycles. The fraction of sp³-hybridized carbons (Fsp3) is 0.556. The monoisotopic (exact) mass is 249 g/mol. The molecule has 0 spiro atoms.